The molecule has 2 aromatic rings. The van der Waals surface area contributed by atoms with E-state index in [4.69, 9.17) is 5.73 Å². The molecule has 2 rings (SSSR count). The standard InChI is InChI=1S/C9H9FN4/c1-6-13-12-5-14(6)9-4-7(11)2-3-8(9)10/h2-5H,11H2,1H3. The van der Waals surface area contributed by atoms with Gasteiger partial charge in [0.15, 0.2) is 0 Å². The number of halogens is 1. The van der Waals surface area contributed by atoms with Gasteiger partial charge in [0.2, 0.25) is 0 Å². The first kappa shape index (κ1) is 8.68. The molecule has 0 unspecified atom stereocenters. The summed E-state index contributed by atoms with van der Waals surface area (Å²) in [5.74, 6) is 0.275. The molecule has 0 amide bonds. The Morgan fingerprint density at radius 1 is 1.43 bits per heavy atom. The molecule has 0 fully saturated rings. The van der Waals surface area contributed by atoms with Crippen molar-refractivity contribution in [2.24, 2.45) is 0 Å². The molecule has 0 aliphatic heterocycles. The largest absolute Gasteiger partial charge is 0.399 e. The number of hydrogen-bond acceptors (Lipinski definition) is 3. The van der Waals surface area contributed by atoms with Crippen LogP contribution in [0.1, 0.15) is 5.82 Å². The Hall–Kier alpha value is -1.91. The van der Waals surface area contributed by atoms with Gasteiger partial charge in [-0.25, -0.2) is 4.39 Å². The van der Waals surface area contributed by atoms with Gasteiger partial charge in [-0.15, -0.1) is 10.2 Å². The summed E-state index contributed by atoms with van der Waals surface area (Å²) in [6, 6.07) is 4.38. The minimum Gasteiger partial charge on any atom is -0.399 e. The Balaban J connectivity index is 2.62. The van der Waals surface area contributed by atoms with Crippen molar-refractivity contribution in [2.75, 3.05) is 5.73 Å². The Morgan fingerprint density at radius 3 is 2.86 bits per heavy atom. The summed E-state index contributed by atoms with van der Waals surface area (Å²) in [7, 11) is 0. The zero-order valence-electron chi connectivity index (χ0n) is 7.61. The van der Waals surface area contributed by atoms with Crippen LogP contribution in [0.15, 0.2) is 24.5 Å². The van der Waals surface area contributed by atoms with Gasteiger partial charge < -0.3 is 5.73 Å². The molecule has 1 heterocycles. The van der Waals surface area contributed by atoms with Crippen LogP contribution >= 0.6 is 0 Å². The summed E-state index contributed by atoms with van der Waals surface area (Å²) in [5.41, 5.74) is 6.44. The lowest BCUT2D eigenvalue weighted by molar-refractivity contribution is 0.616. The molecule has 2 N–H and O–H groups in total. The van der Waals surface area contributed by atoms with Crippen LogP contribution in [-0.4, -0.2) is 14.8 Å². The number of benzene rings is 1. The number of rotatable bonds is 1. The van der Waals surface area contributed by atoms with Gasteiger partial charge in [-0.2, -0.15) is 0 Å². The number of nitrogens with two attached hydrogens (primary N) is 1. The van der Waals surface area contributed by atoms with Crippen molar-refractivity contribution in [3.63, 3.8) is 0 Å². The Kier molecular flexibility index (Phi) is 1.92. The highest BCUT2D eigenvalue weighted by atomic mass is 19.1. The summed E-state index contributed by atoms with van der Waals surface area (Å²) in [6.45, 7) is 1.75. The second kappa shape index (κ2) is 3.10. The third kappa shape index (κ3) is 1.32. The van der Waals surface area contributed by atoms with E-state index in [2.05, 4.69) is 10.2 Å². The van der Waals surface area contributed by atoms with Crippen LogP contribution in [-0.2, 0) is 0 Å². The number of aryl methyl sites for hydroxylation is 1. The fraction of sp³-hybridized carbons (Fsp3) is 0.111. The predicted molar refractivity (Wildman–Crippen MR) is 50.5 cm³/mol. The molecule has 72 valence electrons. The first-order valence-corrected chi connectivity index (χ1v) is 4.10. The zero-order chi connectivity index (χ0) is 10.1. The van der Waals surface area contributed by atoms with Crippen LogP contribution in [0, 0.1) is 12.7 Å². The molecule has 0 aliphatic carbocycles. The van der Waals surface area contributed by atoms with Crippen molar-refractivity contribution >= 4 is 5.69 Å². The highest BCUT2D eigenvalue weighted by Crippen LogP contribution is 2.17. The van der Waals surface area contributed by atoms with Crippen LogP contribution in [0.25, 0.3) is 5.69 Å². The average Bonchev–Trinajstić information content (AvgIpc) is 2.56. The zero-order valence-corrected chi connectivity index (χ0v) is 7.61. The molecule has 1 aromatic carbocycles. The van der Waals surface area contributed by atoms with Gasteiger partial charge in [-0.3, -0.25) is 4.57 Å². The summed E-state index contributed by atoms with van der Waals surface area (Å²) >= 11 is 0. The topological polar surface area (TPSA) is 56.7 Å². The summed E-state index contributed by atoms with van der Waals surface area (Å²) in [5, 5.41) is 7.44. The second-order valence-electron chi connectivity index (χ2n) is 2.96. The normalized spacial score (nSPS) is 10.4. The molecule has 0 atom stereocenters. The smallest absolute Gasteiger partial charge is 0.147 e. The molecular weight excluding hydrogens is 183 g/mol. The van der Waals surface area contributed by atoms with Crippen molar-refractivity contribution < 1.29 is 4.39 Å². The van der Waals surface area contributed by atoms with E-state index in [1.165, 1.54) is 18.5 Å². The maximum absolute atomic E-state index is 13.4. The lowest BCUT2D eigenvalue weighted by atomic mass is 10.2. The van der Waals surface area contributed by atoms with Crippen LogP contribution in [0.4, 0.5) is 10.1 Å². The van der Waals surface area contributed by atoms with Crippen molar-refractivity contribution in [1.29, 1.82) is 0 Å². The Labute approximate surface area is 80.2 Å². The van der Waals surface area contributed by atoms with Crippen molar-refractivity contribution in [3.8, 4) is 5.69 Å². The van der Waals surface area contributed by atoms with Gasteiger partial charge in [-0.05, 0) is 25.1 Å². The fourth-order valence-electron chi connectivity index (χ4n) is 1.24. The van der Waals surface area contributed by atoms with Crippen molar-refractivity contribution in [2.45, 2.75) is 6.92 Å². The monoisotopic (exact) mass is 192 g/mol. The van der Waals surface area contributed by atoms with Gasteiger partial charge in [0.1, 0.15) is 18.0 Å². The van der Waals surface area contributed by atoms with Crippen molar-refractivity contribution in [3.05, 3.63) is 36.2 Å². The Morgan fingerprint density at radius 2 is 2.21 bits per heavy atom. The third-order valence-electron chi connectivity index (χ3n) is 1.95. The molecule has 14 heavy (non-hydrogen) atoms. The quantitative estimate of drug-likeness (QED) is 0.693. The SMILES string of the molecule is Cc1nncn1-c1cc(N)ccc1F. The molecule has 1 aromatic heterocycles. The van der Waals surface area contributed by atoms with E-state index in [9.17, 15) is 4.39 Å². The number of aromatic nitrogens is 3. The van der Waals surface area contributed by atoms with E-state index in [0.29, 0.717) is 17.2 Å². The molecule has 5 heteroatoms. The molecule has 0 saturated heterocycles. The van der Waals surface area contributed by atoms with Gasteiger partial charge in [0, 0.05) is 5.69 Å². The molecule has 0 spiro atoms. The summed E-state index contributed by atoms with van der Waals surface area (Å²) < 4.78 is 14.9. The molecule has 0 aliphatic rings. The van der Waals surface area contributed by atoms with Crippen LogP contribution in [0.3, 0.4) is 0 Å². The Bertz CT molecular complexity index is 464. The van der Waals surface area contributed by atoms with Crippen LogP contribution < -0.4 is 5.73 Å². The lowest BCUT2D eigenvalue weighted by Gasteiger charge is -2.05. The maximum atomic E-state index is 13.4. The number of nitrogens with zero attached hydrogens (tertiary/aromatic N) is 3. The number of anilines is 1. The van der Waals surface area contributed by atoms with Gasteiger partial charge in [0.05, 0.1) is 5.69 Å². The first-order chi connectivity index (χ1) is 6.68. The molecule has 0 radical (unpaired) electrons. The first-order valence-electron chi connectivity index (χ1n) is 4.10. The average molecular weight is 192 g/mol. The highest BCUT2D eigenvalue weighted by molar-refractivity contribution is 5.48. The number of hydrogen-bond donors (Lipinski definition) is 1. The van der Waals surface area contributed by atoms with E-state index < -0.39 is 0 Å². The summed E-state index contributed by atoms with van der Waals surface area (Å²) in [4.78, 5) is 0. The van der Waals surface area contributed by atoms with E-state index in [0.717, 1.165) is 0 Å². The van der Waals surface area contributed by atoms with Crippen LogP contribution in [0.5, 0.6) is 0 Å². The highest BCUT2D eigenvalue weighted by Gasteiger charge is 2.07. The van der Waals surface area contributed by atoms with E-state index >= 15 is 0 Å². The second-order valence-corrected chi connectivity index (χ2v) is 2.96. The minimum atomic E-state index is -0.345. The maximum Gasteiger partial charge on any atom is 0.147 e. The number of nitrogen functional groups attached to an aromatic ring is 1. The van der Waals surface area contributed by atoms with E-state index in [1.54, 1.807) is 17.6 Å². The molecular formula is C9H9FN4. The van der Waals surface area contributed by atoms with Gasteiger partial charge in [0.25, 0.3) is 0 Å². The summed E-state index contributed by atoms with van der Waals surface area (Å²) in [6.07, 6.45) is 1.45. The van der Waals surface area contributed by atoms with Crippen LogP contribution in [0.2, 0.25) is 0 Å². The van der Waals surface area contributed by atoms with Gasteiger partial charge in [-0.1, -0.05) is 0 Å². The molecule has 0 saturated carbocycles. The predicted octanol–water partition coefficient (Wildman–Crippen LogP) is 1.30. The van der Waals surface area contributed by atoms with E-state index in [-0.39, 0.29) is 5.82 Å². The van der Waals surface area contributed by atoms with E-state index in [1.807, 2.05) is 0 Å². The third-order valence-corrected chi connectivity index (χ3v) is 1.95. The lowest BCUT2D eigenvalue weighted by Crippen LogP contribution is -2.00. The minimum absolute atomic E-state index is 0.345. The van der Waals surface area contributed by atoms with Gasteiger partial charge >= 0.3 is 0 Å². The molecule has 4 nitrogen and oxygen atoms in total. The molecule has 0 bridgehead atoms. The van der Waals surface area contributed by atoms with Crippen molar-refractivity contribution in [1.82, 2.24) is 14.8 Å². The fourth-order valence-corrected chi connectivity index (χ4v) is 1.24.